The minimum Gasteiger partial charge on any atom is -0.342 e. The van der Waals surface area contributed by atoms with Crippen molar-refractivity contribution in [2.75, 3.05) is 13.1 Å². The molecule has 2 saturated heterocycles. The summed E-state index contributed by atoms with van der Waals surface area (Å²) in [5, 5.41) is 3.42. The van der Waals surface area contributed by atoms with Gasteiger partial charge in [0.1, 0.15) is 5.69 Å². The normalized spacial score (nSPS) is 28.9. The molecule has 0 radical (unpaired) electrons. The van der Waals surface area contributed by atoms with Gasteiger partial charge in [-0.2, -0.15) is 0 Å². The van der Waals surface area contributed by atoms with Gasteiger partial charge in [-0.05, 0) is 47.7 Å². The molecule has 1 aromatic rings. The Morgan fingerprint density at radius 3 is 3.05 bits per heavy atom. The summed E-state index contributed by atoms with van der Waals surface area (Å²) in [5.74, 6) is 0.819. The van der Waals surface area contributed by atoms with E-state index in [9.17, 15) is 4.79 Å². The van der Waals surface area contributed by atoms with Gasteiger partial charge in [-0.1, -0.05) is 6.92 Å². The van der Waals surface area contributed by atoms with Crippen LogP contribution in [-0.2, 0) is 6.54 Å². The van der Waals surface area contributed by atoms with Crippen LogP contribution in [0.15, 0.2) is 16.7 Å². The molecular weight excluding hydrogens is 318 g/mol. The summed E-state index contributed by atoms with van der Waals surface area (Å²) in [6.07, 6.45) is 4.17. The number of hydrogen-bond acceptors (Lipinski definition) is 2. The van der Waals surface area contributed by atoms with Crippen molar-refractivity contribution in [1.82, 2.24) is 14.8 Å². The van der Waals surface area contributed by atoms with Gasteiger partial charge in [0, 0.05) is 42.4 Å². The van der Waals surface area contributed by atoms with E-state index in [-0.39, 0.29) is 5.91 Å². The van der Waals surface area contributed by atoms with E-state index in [1.165, 1.54) is 0 Å². The van der Waals surface area contributed by atoms with Crippen LogP contribution in [0.4, 0.5) is 0 Å². The van der Waals surface area contributed by atoms with Gasteiger partial charge in [0.25, 0.3) is 5.91 Å². The first kappa shape index (κ1) is 14.1. The number of nitrogens with one attached hydrogen (secondary N) is 1. The third-order valence-electron chi connectivity index (χ3n) is 4.56. The van der Waals surface area contributed by atoms with Gasteiger partial charge in [-0.25, -0.2) is 0 Å². The average molecular weight is 340 g/mol. The maximum atomic E-state index is 13.0. The molecular formula is C15H22BrN3O. The number of aromatic nitrogens is 1. The van der Waals surface area contributed by atoms with Crippen molar-refractivity contribution in [3.8, 4) is 0 Å². The molecule has 1 N–H and O–H groups in total. The number of nitrogens with zero attached hydrogens (tertiary/aromatic N) is 2. The lowest BCUT2D eigenvalue weighted by atomic mass is 10.0. The van der Waals surface area contributed by atoms with E-state index in [0.717, 1.165) is 42.6 Å². The number of halogens is 1. The molecule has 3 unspecified atom stereocenters. The van der Waals surface area contributed by atoms with E-state index in [4.69, 9.17) is 0 Å². The smallest absolute Gasteiger partial charge is 0.271 e. The molecule has 3 atom stereocenters. The maximum absolute atomic E-state index is 13.0. The zero-order valence-corrected chi connectivity index (χ0v) is 13.7. The van der Waals surface area contributed by atoms with E-state index in [1.54, 1.807) is 0 Å². The van der Waals surface area contributed by atoms with Gasteiger partial charge in [0.2, 0.25) is 0 Å². The van der Waals surface area contributed by atoms with E-state index >= 15 is 0 Å². The molecule has 110 valence electrons. The predicted molar refractivity (Wildman–Crippen MR) is 82.8 cm³/mol. The molecule has 0 saturated carbocycles. The van der Waals surface area contributed by atoms with Crippen molar-refractivity contribution in [2.24, 2.45) is 5.92 Å². The second kappa shape index (κ2) is 5.53. The van der Waals surface area contributed by atoms with Gasteiger partial charge < -0.3 is 14.8 Å². The quantitative estimate of drug-likeness (QED) is 0.918. The maximum Gasteiger partial charge on any atom is 0.271 e. The summed E-state index contributed by atoms with van der Waals surface area (Å²) in [7, 11) is 0. The van der Waals surface area contributed by atoms with Crippen molar-refractivity contribution < 1.29 is 4.79 Å². The van der Waals surface area contributed by atoms with Crippen LogP contribution >= 0.6 is 15.9 Å². The number of fused-ring (bicyclic) bond motifs is 1. The number of likely N-dealkylation sites (tertiary alicyclic amines) is 1. The molecule has 4 nitrogen and oxygen atoms in total. The third kappa shape index (κ3) is 2.31. The summed E-state index contributed by atoms with van der Waals surface area (Å²) in [6.45, 7) is 7.20. The Bertz CT molecular complexity index is 513. The van der Waals surface area contributed by atoms with Gasteiger partial charge in [0.05, 0.1) is 0 Å². The van der Waals surface area contributed by atoms with Crippen LogP contribution in [0.5, 0.6) is 0 Å². The van der Waals surface area contributed by atoms with Crippen LogP contribution in [0.25, 0.3) is 0 Å². The topological polar surface area (TPSA) is 37.3 Å². The van der Waals surface area contributed by atoms with E-state index in [2.05, 4.69) is 44.6 Å². The first-order valence-electron chi connectivity index (χ1n) is 7.51. The molecule has 2 aliphatic heterocycles. The Hall–Kier alpha value is -0.810. The zero-order valence-electron chi connectivity index (χ0n) is 12.1. The van der Waals surface area contributed by atoms with Gasteiger partial charge in [0.15, 0.2) is 0 Å². The van der Waals surface area contributed by atoms with Crippen molar-refractivity contribution in [3.05, 3.63) is 22.4 Å². The van der Waals surface area contributed by atoms with Crippen molar-refractivity contribution in [2.45, 2.75) is 45.3 Å². The highest BCUT2D eigenvalue weighted by molar-refractivity contribution is 9.10. The minimum atomic E-state index is 0.188. The molecule has 2 fully saturated rings. The molecule has 3 heterocycles. The van der Waals surface area contributed by atoms with Crippen molar-refractivity contribution in [1.29, 1.82) is 0 Å². The molecule has 3 rings (SSSR count). The lowest BCUT2D eigenvalue weighted by Gasteiger charge is -2.28. The average Bonchev–Trinajstić information content (AvgIpc) is 3.03. The highest BCUT2D eigenvalue weighted by Crippen LogP contribution is 2.33. The fourth-order valence-electron chi connectivity index (χ4n) is 3.73. The molecule has 0 aliphatic carbocycles. The van der Waals surface area contributed by atoms with Crippen LogP contribution in [0.2, 0.25) is 0 Å². The van der Waals surface area contributed by atoms with Gasteiger partial charge in [-0.3, -0.25) is 4.79 Å². The second-order valence-electron chi connectivity index (χ2n) is 6.02. The highest BCUT2D eigenvalue weighted by Gasteiger charge is 2.44. The number of hydrogen-bond donors (Lipinski definition) is 1. The molecule has 1 aromatic heterocycles. The number of amides is 1. The molecule has 1 amide bonds. The second-order valence-corrected chi connectivity index (χ2v) is 6.94. The summed E-state index contributed by atoms with van der Waals surface area (Å²) in [6, 6.07) is 2.69. The fraction of sp³-hybridized carbons (Fsp3) is 0.667. The van der Waals surface area contributed by atoms with Crippen molar-refractivity contribution in [3.63, 3.8) is 0 Å². The van der Waals surface area contributed by atoms with Gasteiger partial charge in [-0.15, -0.1) is 0 Å². The van der Waals surface area contributed by atoms with Crippen LogP contribution < -0.4 is 5.32 Å². The Morgan fingerprint density at radius 2 is 2.30 bits per heavy atom. The van der Waals surface area contributed by atoms with Crippen molar-refractivity contribution >= 4 is 21.8 Å². The third-order valence-corrected chi connectivity index (χ3v) is 5.00. The molecule has 0 bridgehead atoms. The standard InChI is InChI=1S/C15H22BrN3O/c1-3-4-18-9-12(16)6-13(18)15(20)19-10(2)5-11-7-17-8-14(11)19/h6,9-11,14,17H,3-5,7-8H2,1-2H3. The summed E-state index contributed by atoms with van der Waals surface area (Å²) < 4.78 is 3.07. The number of carbonyl (C=O) groups excluding carboxylic acids is 1. The summed E-state index contributed by atoms with van der Waals surface area (Å²) >= 11 is 3.50. The molecule has 20 heavy (non-hydrogen) atoms. The Morgan fingerprint density at radius 1 is 1.50 bits per heavy atom. The lowest BCUT2D eigenvalue weighted by molar-refractivity contribution is 0.0671. The first-order valence-corrected chi connectivity index (χ1v) is 8.30. The minimum absolute atomic E-state index is 0.188. The molecule has 0 spiro atoms. The predicted octanol–water partition coefficient (Wildman–Crippen LogP) is 2.48. The van der Waals surface area contributed by atoms with E-state index < -0.39 is 0 Å². The fourth-order valence-corrected chi connectivity index (χ4v) is 4.19. The number of carbonyl (C=O) groups is 1. The number of aryl methyl sites for hydroxylation is 1. The molecule has 0 aromatic carbocycles. The van der Waals surface area contributed by atoms with Gasteiger partial charge >= 0.3 is 0 Å². The van der Waals surface area contributed by atoms with E-state index in [0.29, 0.717) is 18.0 Å². The van der Waals surface area contributed by atoms with Crippen LogP contribution in [-0.4, -0.2) is 40.5 Å². The van der Waals surface area contributed by atoms with E-state index in [1.807, 2.05) is 12.3 Å². The molecule has 5 heteroatoms. The Balaban J connectivity index is 1.88. The summed E-state index contributed by atoms with van der Waals surface area (Å²) in [4.78, 5) is 15.1. The lowest BCUT2D eigenvalue weighted by Crippen LogP contribution is -2.43. The van der Waals surface area contributed by atoms with Crippen LogP contribution in [0.3, 0.4) is 0 Å². The monoisotopic (exact) mass is 339 g/mol. The highest BCUT2D eigenvalue weighted by atomic mass is 79.9. The first-order chi connectivity index (χ1) is 9.61. The zero-order chi connectivity index (χ0) is 14.3. The number of rotatable bonds is 3. The SMILES string of the molecule is CCCn1cc(Br)cc1C(=O)N1C(C)CC2CNCC21. The van der Waals surface area contributed by atoms with Crippen LogP contribution in [0.1, 0.15) is 37.2 Å². The largest absolute Gasteiger partial charge is 0.342 e. The molecule has 2 aliphatic rings. The van der Waals surface area contributed by atoms with Crippen LogP contribution in [0, 0.1) is 5.92 Å². The Labute approximate surface area is 128 Å². The Kier molecular flexibility index (Phi) is 3.91. The summed E-state index contributed by atoms with van der Waals surface area (Å²) in [5.41, 5.74) is 0.818.